The van der Waals surface area contributed by atoms with Crippen molar-refractivity contribution in [3.63, 3.8) is 0 Å². The lowest BCUT2D eigenvalue weighted by molar-refractivity contribution is -0.137. The first-order valence-corrected chi connectivity index (χ1v) is 10.3. The standard InChI is InChI=1S/C22H24N2O3S/c1-15-10-11-16(2)17(13-15)14-28-22-23-19-8-4-3-7-18(19)21(27)24(22)12-6-5-9-20(25)26/h3-4,7-8,10-11,13H,5-6,9,12,14H2,1-2H3,(H,25,26). The van der Waals surface area contributed by atoms with Crippen molar-refractivity contribution in [1.29, 1.82) is 0 Å². The van der Waals surface area contributed by atoms with Gasteiger partial charge in [-0.15, -0.1) is 0 Å². The largest absolute Gasteiger partial charge is 0.481 e. The molecule has 0 saturated carbocycles. The molecule has 5 nitrogen and oxygen atoms in total. The number of rotatable bonds is 8. The molecule has 1 N–H and O–H groups in total. The molecular formula is C22H24N2O3S. The second kappa shape index (κ2) is 9.06. The molecule has 146 valence electrons. The van der Waals surface area contributed by atoms with Gasteiger partial charge in [-0.2, -0.15) is 0 Å². The number of hydrogen-bond acceptors (Lipinski definition) is 4. The van der Waals surface area contributed by atoms with E-state index in [1.165, 1.54) is 16.7 Å². The minimum absolute atomic E-state index is 0.0654. The van der Waals surface area contributed by atoms with Gasteiger partial charge >= 0.3 is 5.97 Å². The Morgan fingerprint density at radius 1 is 1.14 bits per heavy atom. The number of unbranched alkanes of at least 4 members (excludes halogenated alkanes) is 1. The van der Waals surface area contributed by atoms with Crippen molar-refractivity contribution < 1.29 is 9.90 Å². The average molecular weight is 397 g/mol. The van der Waals surface area contributed by atoms with Gasteiger partial charge in [0.1, 0.15) is 0 Å². The van der Waals surface area contributed by atoms with Crippen LogP contribution in [-0.4, -0.2) is 20.6 Å². The van der Waals surface area contributed by atoms with Gasteiger partial charge in [-0.05, 0) is 49.9 Å². The minimum Gasteiger partial charge on any atom is -0.481 e. The number of carboxylic acid groups (broad SMARTS) is 1. The van der Waals surface area contributed by atoms with Gasteiger partial charge in [0.15, 0.2) is 5.16 Å². The third-order valence-corrected chi connectivity index (χ3v) is 5.74. The highest BCUT2D eigenvalue weighted by molar-refractivity contribution is 7.98. The van der Waals surface area contributed by atoms with Gasteiger partial charge in [-0.1, -0.05) is 47.7 Å². The van der Waals surface area contributed by atoms with Crippen molar-refractivity contribution in [2.24, 2.45) is 0 Å². The summed E-state index contributed by atoms with van der Waals surface area (Å²) >= 11 is 1.55. The molecule has 0 unspecified atom stereocenters. The first-order valence-electron chi connectivity index (χ1n) is 9.36. The average Bonchev–Trinajstić information content (AvgIpc) is 2.67. The maximum atomic E-state index is 13.0. The molecule has 0 bridgehead atoms. The van der Waals surface area contributed by atoms with Crippen molar-refractivity contribution in [3.05, 3.63) is 69.5 Å². The Bertz CT molecular complexity index is 1060. The number of thioether (sulfide) groups is 1. The summed E-state index contributed by atoms with van der Waals surface area (Å²) in [5.41, 5.74) is 4.28. The van der Waals surface area contributed by atoms with Crippen LogP contribution in [0, 0.1) is 13.8 Å². The van der Waals surface area contributed by atoms with Gasteiger partial charge in [0.25, 0.3) is 5.56 Å². The minimum atomic E-state index is -0.812. The van der Waals surface area contributed by atoms with Crippen LogP contribution in [0.5, 0.6) is 0 Å². The zero-order valence-corrected chi connectivity index (χ0v) is 17.0. The van der Waals surface area contributed by atoms with Crippen LogP contribution in [-0.2, 0) is 17.1 Å². The Kier molecular flexibility index (Phi) is 6.52. The van der Waals surface area contributed by atoms with E-state index in [9.17, 15) is 9.59 Å². The maximum Gasteiger partial charge on any atom is 0.303 e. The highest BCUT2D eigenvalue weighted by Gasteiger charge is 2.12. The van der Waals surface area contributed by atoms with Crippen molar-refractivity contribution in [3.8, 4) is 0 Å². The second-order valence-corrected chi connectivity index (χ2v) is 7.88. The van der Waals surface area contributed by atoms with Crippen molar-refractivity contribution in [2.75, 3.05) is 0 Å². The van der Waals surface area contributed by atoms with Crippen LogP contribution >= 0.6 is 11.8 Å². The van der Waals surface area contributed by atoms with Gasteiger partial charge < -0.3 is 5.11 Å². The lowest BCUT2D eigenvalue weighted by Crippen LogP contribution is -2.23. The number of nitrogens with zero attached hydrogens (tertiary/aromatic N) is 2. The molecule has 28 heavy (non-hydrogen) atoms. The van der Waals surface area contributed by atoms with Gasteiger partial charge in [0.05, 0.1) is 10.9 Å². The number of para-hydroxylation sites is 1. The van der Waals surface area contributed by atoms with E-state index in [-0.39, 0.29) is 12.0 Å². The molecule has 0 atom stereocenters. The van der Waals surface area contributed by atoms with Gasteiger partial charge in [0, 0.05) is 18.7 Å². The van der Waals surface area contributed by atoms with E-state index in [0.29, 0.717) is 35.4 Å². The Morgan fingerprint density at radius 3 is 2.71 bits per heavy atom. The number of carboxylic acids is 1. The number of aryl methyl sites for hydroxylation is 2. The lowest BCUT2D eigenvalue weighted by Gasteiger charge is -2.14. The molecule has 2 aromatic carbocycles. The summed E-state index contributed by atoms with van der Waals surface area (Å²) in [6.07, 6.45) is 1.28. The summed E-state index contributed by atoms with van der Waals surface area (Å²) in [6.45, 7) is 4.63. The Hall–Kier alpha value is -2.60. The third kappa shape index (κ3) is 4.81. The molecule has 0 fully saturated rings. The number of fused-ring (bicyclic) bond motifs is 1. The molecule has 0 radical (unpaired) electrons. The van der Waals surface area contributed by atoms with E-state index in [1.807, 2.05) is 18.2 Å². The highest BCUT2D eigenvalue weighted by Crippen LogP contribution is 2.24. The van der Waals surface area contributed by atoms with E-state index in [2.05, 4.69) is 32.0 Å². The molecule has 0 spiro atoms. The highest BCUT2D eigenvalue weighted by atomic mass is 32.2. The molecule has 3 rings (SSSR count). The van der Waals surface area contributed by atoms with E-state index in [1.54, 1.807) is 22.4 Å². The summed E-state index contributed by atoms with van der Waals surface area (Å²) in [5, 5.41) is 10.1. The van der Waals surface area contributed by atoms with Crippen molar-refractivity contribution in [2.45, 2.75) is 50.6 Å². The smallest absolute Gasteiger partial charge is 0.303 e. The summed E-state index contributed by atoms with van der Waals surface area (Å²) in [7, 11) is 0. The van der Waals surface area contributed by atoms with Gasteiger partial charge in [-0.3, -0.25) is 14.2 Å². The predicted molar refractivity (Wildman–Crippen MR) is 113 cm³/mol. The molecule has 0 aliphatic rings. The second-order valence-electron chi connectivity index (χ2n) is 6.94. The summed E-state index contributed by atoms with van der Waals surface area (Å²) in [4.78, 5) is 28.5. The van der Waals surface area contributed by atoms with Crippen LogP contribution in [0.25, 0.3) is 10.9 Å². The summed E-state index contributed by atoms with van der Waals surface area (Å²) in [6, 6.07) is 13.7. The Labute approximate surface area is 168 Å². The molecule has 1 heterocycles. The van der Waals surface area contributed by atoms with Gasteiger partial charge in [0.2, 0.25) is 0 Å². The number of hydrogen-bond donors (Lipinski definition) is 1. The molecule has 0 aliphatic carbocycles. The molecular weight excluding hydrogens is 372 g/mol. The van der Waals surface area contributed by atoms with E-state index in [4.69, 9.17) is 10.1 Å². The van der Waals surface area contributed by atoms with Crippen LogP contribution < -0.4 is 5.56 Å². The quantitative estimate of drug-likeness (QED) is 0.343. The van der Waals surface area contributed by atoms with E-state index < -0.39 is 5.97 Å². The molecule has 1 aromatic heterocycles. The number of aliphatic carboxylic acids is 1. The topological polar surface area (TPSA) is 72.2 Å². The third-order valence-electron chi connectivity index (χ3n) is 4.71. The van der Waals surface area contributed by atoms with Crippen LogP contribution in [0.15, 0.2) is 52.4 Å². The van der Waals surface area contributed by atoms with Crippen molar-refractivity contribution >= 4 is 28.6 Å². The SMILES string of the molecule is Cc1ccc(C)c(CSc2nc3ccccc3c(=O)n2CCCCC(=O)O)c1. The van der Waals surface area contributed by atoms with E-state index in [0.717, 1.165) is 5.75 Å². The fraction of sp³-hybridized carbons (Fsp3) is 0.318. The predicted octanol–water partition coefficient (Wildman–Crippen LogP) is 4.56. The van der Waals surface area contributed by atoms with Crippen LogP contribution in [0.3, 0.4) is 0 Å². The monoisotopic (exact) mass is 396 g/mol. The van der Waals surface area contributed by atoms with Crippen molar-refractivity contribution in [1.82, 2.24) is 9.55 Å². The maximum absolute atomic E-state index is 13.0. The first-order chi connectivity index (χ1) is 13.5. The molecule has 3 aromatic rings. The van der Waals surface area contributed by atoms with Crippen LogP contribution in [0.1, 0.15) is 36.0 Å². The van der Waals surface area contributed by atoms with E-state index >= 15 is 0 Å². The fourth-order valence-electron chi connectivity index (χ4n) is 3.10. The Morgan fingerprint density at radius 2 is 1.93 bits per heavy atom. The van der Waals surface area contributed by atoms with Crippen LogP contribution in [0.2, 0.25) is 0 Å². The zero-order valence-electron chi connectivity index (χ0n) is 16.1. The van der Waals surface area contributed by atoms with Gasteiger partial charge in [-0.25, -0.2) is 4.98 Å². The number of benzene rings is 2. The molecule has 0 amide bonds. The number of carbonyl (C=O) groups is 1. The zero-order chi connectivity index (χ0) is 20.1. The normalized spacial score (nSPS) is 11.1. The number of aromatic nitrogens is 2. The fourth-order valence-corrected chi connectivity index (χ4v) is 4.19. The molecule has 0 saturated heterocycles. The molecule has 6 heteroatoms. The molecule has 0 aliphatic heterocycles. The Balaban J connectivity index is 1.90. The summed E-state index contributed by atoms with van der Waals surface area (Å²) in [5.74, 6) is -0.0820. The lowest BCUT2D eigenvalue weighted by atomic mass is 10.1. The van der Waals surface area contributed by atoms with Crippen LogP contribution in [0.4, 0.5) is 0 Å². The summed E-state index contributed by atoms with van der Waals surface area (Å²) < 4.78 is 1.69. The first kappa shape index (κ1) is 20.1.